The Morgan fingerprint density at radius 3 is 2.65 bits per heavy atom. The van der Waals surface area contributed by atoms with E-state index in [1.807, 2.05) is 13.0 Å². The number of hydrogen-bond donors (Lipinski definition) is 0. The first-order valence-corrected chi connectivity index (χ1v) is 7.60. The van der Waals surface area contributed by atoms with Crippen LogP contribution < -0.4 is 4.74 Å². The van der Waals surface area contributed by atoms with E-state index in [9.17, 15) is 4.79 Å². The second-order valence-electron chi connectivity index (χ2n) is 4.94. The van der Waals surface area contributed by atoms with Gasteiger partial charge in [-0.05, 0) is 44.2 Å². The zero-order valence-electron chi connectivity index (χ0n) is 12.7. The van der Waals surface area contributed by atoms with E-state index in [1.165, 1.54) is 0 Å². The number of aryl methyl sites for hydroxylation is 1. The number of benzene rings is 2. The van der Waals surface area contributed by atoms with Gasteiger partial charge in [0.05, 0.1) is 16.3 Å². The van der Waals surface area contributed by atoms with Crippen molar-refractivity contribution in [3.05, 3.63) is 63.6 Å². The number of ether oxygens (including phenoxy) is 1. The quantitative estimate of drug-likeness (QED) is 0.436. The van der Waals surface area contributed by atoms with Crippen molar-refractivity contribution in [3.8, 4) is 5.75 Å². The van der Waals surface area contributed by atoms with Gasteiger partial charge in [0.2, 0.25) is 0 Å². The SMILES string of the molecule is C/C(COc1ccc(Cl)cc1Cl)=N\OC(=O)c1cccc(C)c1. The molecule has 4 nitrogen and oxygen atoms in total. The molecular weight excluding hydrogens is 337 g/mol. The summed E-state index contributed by atoms with van der Waals surface area (Å²) in [6.45, 7) is 3.73. The minimum Gasteiger partial charge on any atom is -0.486 e. The van der Waals surface area contributed by atoms with Crippen molar-refractivity contribution in [3.63, 3.8) is 0 Å². The van der Waals surface area contributed by atoms with E-state index in [2.05, 4.69) is 5.16 Å². The first kappa shape index (κ1) is 17.3. The molecule has 0 atom stereocenters. The van der Waals surface area contributed by atoms with Gasteiger partial charge in [0.1, 0.15) is 12.4 Å². The lowest BCUT2D eigenvalue weighted by Crippen LogP contribution is -2.10. The average molecular weight is 352 g/mol. The molecule has 0 heterocycles. The van der Waals surface area contributed by atoms with E-state index in [4.69, 9.17) is 32.8 Å². The third kappa shape index (κ3) is 5.27. The Hall–Kier alpha value is -2.04. The van der Waals surface area contributed by atoms with Crippen LogP contribution in [-0.2, 0) is 4.84 Å². The minimum absolute atomic E-state index is 0.141. The zero-order valence-corrected chi connectivity index (χ0v) is 14.2. The van der Waals surface area contributed by atoms with E-state index in [0.29, 0.717) is 27.1 Å². The third-order valence-corrected chi connectivity index (χ3v) is 3.40. The van der Waals surface area contributed by atoms with Gasteiger partial charge in [0, 0.05) is 5.02 Å². The molecule has 0 N–H and O–H groups in total. The van der Waals surface area contributed by atoms with Gasteiger partial charge in [-0.1, -0.05) is 46.1 Å². The molecule has 0 spiro atoms. The first-order chi connectivity index (χ1) is 11.0. The number of oxime groups is 1. The normalized spacial score (nSPS) is 11.2. The highest BCUT2D eigenvalue weighted by Gasteiger charge is 2.08. The molecule has 6 heteroatoms. The maximum atomic E-state index is 11.9. The molecule has 0 aliphatic rings. The minimum atomic E-state index is -0.516. The molecule has 120 valence electrons. The average Bonchev–Trinajstić information content (AvgIpc) is 2.51. The number of hydrogen-bond acceptors (Lipinski definition) is 4. The third-order valence-electron chi connectivity index (χ3n) is 2.87. The molecule has 2 aromatic carbocycles. The monoisotopic (exact) mass is 351 g/mol. The highest BCUT2D eigenvalue weighted by molar-refractivity contribution is 6.35. The lowest BCUT2D eigenvalue weighted by molar-refractivity contribution is 0.0514. The second-order valence-corrected chi connectivity index (χ2v) is 5.78. The fourth-order valence-corrected chi connectivity index (χ4v) is 2.21. The maximum absolute atomic E-state index is 11.9. The van der Waals surface area contributed by atoms with E-state index < -0.39 is 5.97 Å². The molecule has 2 aromatic rings. The maximum Gasteiger partial charge on any atom is 0.365 e. The number of carbonyl (C=O) groups excluding carboxylic acids is 1. The topological polar surface area (TPSA) is 47.9 Å². The Labute approximate surface area is 144 Å². The van der Waals surface area contributed by atoms with E-state index in [0.717, 1.165) is 5.56 Å². The second kappa shape index (κ2) is 7.99. The molecule has 0 amide bonds. The standard InChI is InChI=1S/C17H15Cl2NO3/c1-11-4-3-5-13(8-11)17(21)23-20-12(2)10-22-16-7-6-14(18)9-15(16)19/h3-9H,10H2,1-2H3/b20-12+. The molecular formula is C17H15Cl2NO3. The summed E-state index contributed by atoms with van der Waals surface area (Å²) in [6.07, 6.45) is 0. The molecule has 0 fully saturated rings. The fourth-order valence-electron chi connectivity index (χ4n) is 1.74. The summed E-state index contributed by atoms with van der Waals surface area (Å²) in [5.41, 5.74) is 1.92. The molecule has 0 unspecified atom stereocenters. The van der Waals surface area contributed by atoms with Crippen molar-refractivity contribution >= 4 is 34.9 Å². The highest BCUT2D eigenvalue weighted by atomic mass is 35.5. The predicted molar refractivity (Wildman–Crippen MR) is 91.7 cm³/mol. The van der Waals surface area contributed by atoms with Gasteiger partial charge in [0.25, 0.3) is 0 Å². The molecule has 0 aromatic heterocycles. The van der Waals surface area contributed by atoms with Gasteiger partial charge in [-0.2, -0.15) is 0 Å². The zero-order chi connectivity index (χ0) is 16.8. The molecule has 0 radical (unpaired) electrons. The highest BCUT2D eigenvalue weighted by Crippen LogP contribution is 2.27. The summed E-state index contributed by atoms with van der Waals surface area (Å²) in [7, 11) is 0. The number of halogens is 2. The number of nitrogens with zero attached hydrogens (tertiary/aromatic N) is 1. The number of rotatable bonds is 5. The van der Waals surface area contributed by atoms with Crippen molar-refractivity contribution in [2.75, 3.05) is 6.61 Å². The summed E-state index contributed by atoms with van der Waals surface area (Å²) >= 11 is 11.8. The van der Waals surface area contributed by atoms with Crippen molar-refractivity contribution in [2.45, 2.75) is 13.8 Å². The van der Waals surface area contributed by atoms with Crippen LogP contribution in [0.3, 0.4) is 0 Å². The van der Waals surface area contributed by atoms with Crippen LogP contribution in [0.15, 0.2) is 47.6 Å². The van der Waals surface area contributed by atoms with Gasteiger partial charge in [-0.3, -0.25) is 0 Å². The smallest absolute Gasteiger partial charge is 0.365 e. The molecule has 23 heavy (non-hydrogen) atoms. The molecule has 0 saturated heterocycles. The van der Waals surface area contributed by atoms with E-state index in [-0.39, 0.29) is 6.61 Å². The van der Waals surface area contributed by atoms with Crippen LogP contribution in [0.2, 0.25) is 10.0 Å². The van der Waals surface area contributed by atoms with Crippen molar-refractivity contribution in [2.24, 2.45) is 5.16 Å². The molecule has 0 saturated carbocycles. The van der Waals surface area contributed by atoms with E-state index >= 15 is 0 Å². The fraction of sp³-hybridized carbons (Fsp3) is 0.176. The molecule has 0 bridgehead atoms. The molecule has 0 aliphatic heterocycles. The van der Waals surface area contributed by atoms with Crippen LogP contribution in [0, 0.1) is 6.92 Å². The van der Waals surface area contributed by atoms with Gasteiger partial charge in [-0.25, -0.2) is 4.79 Å². The summed E-state index contributed by atoms with van der Waals surface area (Å²) in [5, 5.41) is 4.70. The van der Waals surface area contributed by atoms with Gasteiger partial charge in [-0.15, -0.1) is 0 Å². The summed E-state index contributed by atoms with van der Waals surface area (Å²) in [4.78, 5) is 16.8. The van der Waals surface area contributed by atoms with Crippen LogP contribution in [0.5, 0.6) is 5.75 Å². The Balaban J connectivity index is 1.91. The summed E-state index contributed by atoms with van der Waals surface area (Å²) < 4.78 is 5.50. The van der Waals surface area contributed by atoms with Crippen molar-refractivity contribution < 1.29 is 14.4 Å². The summed E-state index contributed by atoms with van der Waals surface area (Å²) in [5.74, 6) is -0.0341. The van der Waals surface area contributed by atoms with Gasteiger partial charge in [0.15, 0.2) is 0 Å². The molecule has 2 rings (SSSR count). The van der Waals surface area contributed by atoms with Gasteiger partial charge < -0.3 is 9.57 Å². The van der Waals surface area contributed by atoms with Crippen LogP contribution in [0.1, 0.15) is 22.8 Å². The number of carbonyl (C=O) groups is 1. The van der Waals surface area contributed by atoms with Crippen molar-refractivity contribution in [1.82, 2.24) is 0 Å². The van der Waals surface area contributed by atoms with Crippen LogP contribution in [-0.4, -0.2) is 18.3 Å². The first-order valence-electron chi connectivity index (χ1n) is 6.85. The van der Waals surface area contributed by atoms with Crippen molar-refractivity contribution in [1.29, 1.82) is 0 Å². The van der Waals surface area contributed by atoms with Crippen LogP contribution in [0.25, 0.3) is 0 Å². The Morgan fingerprint density at radius 2 is 1.96 bits per heavy atom. The lowest BCUT2D eigenvalue weighted by Gasteiger charge is -2.07. The predicted octanol–water partition coefficient (Wildman–Crippen LogP) is 4.91. The summed E-state index contributed by atoms with van der Waals surface area (Å²) in [6, 6.07) is 12.0. The Morgan fingerprint density at radius 1 is 1.17 bits per heavy atom. The largest absolute Gasteiger partial charge is 0.486 e. The Kier molecular flexibility index (Phi) is 6.02. The molecule has 0 aliphatic carbocycles. The van der Waals surface area contributed by atoms with Crippen LogP contribution >= 0.6 is 23.2 Å². The van der Waals surface area contributed by atoms with E-state index in [1.54, 1.807) is 43.3 Å². The lowest BCUT2D eigenvalue weighted by atomic mass is 10.1. The Bertz CT molecular complexity index is 744. The van der Waals surface area contributed by atoms with Gasteiger partial charge >= 0.3 is 5.97 Å². The van der Waals surface area contributed by atoms with Crippen LogP contribution in [0.4, 0.5) is 0 Å².